The molecule has 7 heteroatoms. The molecule has 0 aliphatic carbocycles. The molecule has 29 heavy (non-hydrogen) atoms. The average Bonchev–Trinajstić information content (AvgIpc) is 3.04. The van der Waals surface area contributed by atoms with E-state index in [2.05, 4.69) is 5.48 Å². The third-order valence-corrected chi connectivity index (χ3v) is 6.68. The summed E-state index contributed by atoms with van der Waals surface area (Å²) in [5, 5.41) is 0. The summed E-state index contributed by atoms with van der Waals surface area (Å²) in [4.78, 5) is 17.3. The molecule has 1 aliphatic heterocycles. The number of hydrogen-bond acceptors (Lipinski definition) is 4. The van der Waals surface area contributed by atoms with Gasteiger partial charge in [-0.2, -0.15) is 4.31 Å². The largest absolute Gasteiger partial charge is 0.269 e. The van der Waals surface area contributed by atoms with E-state index in [0.29, 0.717) is 13.1 Å². The fourth-order valence-corrected chi connectivity index (χ4v) is 4.67. The van der Waals surface area contributed by atoms with Crippen LogP contribution in [0.1, 0.15) is 36.8 Å². The van der Waals surface area contributed by atoms with Crippen LogP contribution >= 0.6 is 0 Å². The van der Waals surface area contributed by atoms with Crippen molar-refractivity contribution < 1.29 is 18.0 Å². The van der Waals surface area contributed by atoms with Crippen molar-refractivity contribution >= 4 is 22.0 Å². The van der Waals surface area contributed by atoms with Crippen LogP contribution in [0.4, 0.5) is 0 Å². The molecule has 1 heterocycles. The first-order valence-electron chi connectivity index (χ1n) is 9.80. The number of benzene rings is 2. The molecule has 6 nitrogen and oxygen atoms in total. The lowest BCUT2D eigenvalue weighted by Crippen LogP contribution is -2.31. The number of rotatable bonds is 7. The van der Waals surface area contributed by atoms with Crippen LogP contribution in [-0.4, -0.2) is 31.7 Å². The van der Waals surface area contributed by atoms with Crippen LogP contribution in [0.5, 0.6) is 0 Å². The Morgan fingerprint density at radius 3 is 2.28 bits per heavy atom. The molecule has 1 saturated heterocycles. The molecular weight excluding hydrogens is 388 g/mol. The summed E-state index contributed by atoms with van der Waals surface area (Å²) in [5.41, 5.74) is 4.05. The molecule has 0 aromatic heterocycles. The van der Waals surface area contributed by atoms with Gasteiger partial charge in [0.1, 0.15) is 0 Å². The fraction of sp³-hybridized carbons (Fsp3) is 0.318. The van der Waals surface area contributed by atoms with Crippen molar-refractivity contribution in [3.63, 3.8) is 0 Å². The van der Waals surface area contributed by atoms with Crippen LogP contribution in [0.3, 0.4) is 0 Å². The molecule has 0 bridgehead atoms. The topological polar surface area (TPSA) is 75.7 Å². The Balaban J connectivity index is 1.53. The first kappa shape index (κ1) is 21.2. The number of carbonyl (C=O) groups excluding carboxylic acids is 1. The first-order valence-corrected chi connectivity index (χ1v) is 11.2. The Bertz CT molecular complexity index is 917. The normalized spacial score (nSPS) is 15.9. The number of nitrogens with one attached hydrogen (secondary N) is 1. The van der Waals surface area contributed by atoms with Crippen molar-refractivity contribution in [2.75, 3.05) is 13.1 Å². The summed E-state index contributed by atoms with van der Waals surface area (Å²) in [6.07, 6.45) is 6.93. The molecule has 1 aliphatic rings. The minimum Gasteiger partial charge on any atom is -0.269 e. The van der Waals surface area contributed by atoms with Crippen molar-refractivity contribution in [1.29, 1.82) is 0 Å². The average molecular weight is 415 g/mol. The Morgan fingerprint density at radius 2 is 1.62 bits per heavy atom. The Kier molecular flexibility index (Phi) is 7.57. The molecule has 0 atom stereocenters. The molecule has 0 unspecified atom stereocenters. The molecule has 2 aromatic rings. The number of hydroxylamine groups is 1. The van der Waals surface area contributed by atoms with Crippen molar-refractivity contribution in [2.45, 2.75) is 37.2 Å². The highest BCUT2D eigenvalue weighted by Crippen LogP contribution is 2.21. The van der Waals surface area contributed by atoms with Crippen molar-refractivity contribution in [3.05, 3.63) is 71.8 Å². The van der Waals surface area contributed by atoms with Crippen molar-refractivity contribution in [1.82, 2.24) is 9.79 Å². The number of sulfonamides is 1. The maximum atomic E-state index is 12.8. The molecule has 2 aromatic carbocycles. The predicted molar refractivity (Wildman–Crippen MR) is 112 cm³/mol. The summed E-state index contributed by atoms with van der Waals surface area (Å²) in [7, 11) is -3.46. The summed E-state index contributed by atoms with van der Waals surface area (Å²) >= 11 is 0. The van der Waals surface area contributed by atoms with Gasteiger partial charge in [-0.15, -0.1) is 0 Å². The van der Waals surface area contributed by atoms with Gasteiger partial charge < -0.3 is 0 Å². The summed E-state index contributed by atoms with van der Waals surface area (Å²) in [6, 6.07) is 16.1. The van der Waals surface area contributed by atoms with E-state index >= 15 is 0 Å². The van der Waals surface area contributed by atoms with Gasteiger partial charge in [-0.05, 0) is 42.2 Å². The van der Waals surface area contributed by atoms with E-state index in [1.807, 2.05) is 30.3 Å². The quantitative estimate of drug-likeness (QED) is 0.556. The number of amides is 1. The van der Waals surface area contributed by atoms with Crippen molar-refractivity contribution in [3.8, 4) is 0 Å². The molecule has 3 rings (SSSR count). The van der Waals surface area contributed by atoms with E-state index in [0.717, 1.165) is 36.8 Å². The van der Waals surface area contributed by atoms with Crippen LogP contribution in [-0.2, 0) is 26.3 Å². The maximum absolute atomic E-state index is 12.8. The summed E-state index contributed by atoms with van der Waals surface area (Å²) < 4.78 is 27.1. The number of nitrogens with zero attached hydrogens (tertiary/aromatic N) is 1. The monoisotopic (exact) mass is 414 g/mol. The third kappa shape index (κ3) is 6.25. The van der Waals surface area contributed by atoms with E-state index < -0.39 is 10.0 Å². The highest BCUT2D eigenvalue weighted by molar-refractivity contribution is 7.89. The minimum absolute atomic E-state index is 0.281. The van der Waals surface area contributed by atoms with Gasteiger partial charge in [-0.3, -0.25) is 9.63 Å². The second-order valence-electron chi connectivity index (χ2n) is 6.96. The van der Waals surface area contributed by atoms with E-state index in [-0.39, 0.29) is 17.4 Å². The zero-order valence-corrected chi connectivity index (χ0v) is 17.1. The van der Waals surface area contributed by atoms with Gasteiger partial charge in [0.05, 0.1) is 11.5 Å². The Labute approximate surface area is 172 Å². The lowest BCUT2D eigenvalue weighted by atomic mass is 10.2. The minimum atomic E-state index is -3.46. The summed E-state index contributed by atoms with van der Waals surface area (Å²) in [5.74, 6) is -0.387. The van der Waals surface area contributed by atoms with Gasteiger partial charge >= 0.3 is 0 Å². The predicted octanol–water partition coefficient (Wildman–Crippen LogP) is 3.51. The fourth-order valence-electron chi connectivity index (χ4n) is 3.15. The molecule has 1 fully saturated rings. The maximum Gasteiger partial charge on any atom is 0.267 e. The van der Waals surface area contributed by atoms with Gasteiger partial charge in [0.15, 0.2) is 0 Å². The van der Waals surface area contributed by atoms with Gasteiger partial charge in [0, 0.05) is 19.2 Å². The van der Waals surface area contributed by atoms with Gasteiger partial charge in [-0.1, -0.05) is 55.3 Å². The van der Waals surface area contributed by atoms with E-state index in [1.165, 1.54) is 6.08 Å². The number of carbonyl (C=O) groups is 1. The number of hydrogen-bond donors (Lipinski definition) is 1. The van der Waals surface area contributed by atoms with Crippen LogP contribution in [0, 0.1) is 0 Å². The van der Waals surface area contributed by atoms with Gasteiger partial charge in [0.25, 0.3) is 5.91 Å². The smallest absolute Gasteiger partial charge is 0.267 e. The van der Waals surface area contributed by atoms with E-state index in [1.54, 1.807) is 34.6 Å². The molecule has 0 saturated carbocycles. The summed E-state index contributed by atoms with van der Waals surface area (Å²) in [6.45, 7) is 1.43. The van der Waals surface area contributed by atoms with Crippen molar-refractivity contribution in [2.24, 2.45) is 0 Å². The molecule has 154 valence electrons. The standard InChI is InChI=1S/C22H26N2O4S/c25-22(23-28-18-20-8-4-3-5-9-20)15-12-19-10-13-21(14-11-19)29(26,27)24-16-6-1-2-7-17-24/h3-5,8-15H,1-2,6-7,16-18H2,(H,23,25). The van der Waals surface area contributed by atoms with E-state index in [4.69, 9.17) is 4.84 Å². The molecule has 1 amide bonds. The lowest BCUT2D eigenvalue weighted by Gasteiger charge is -2.19. The second kappa shape index (κ2) is 10.3. The highest BCUT2D eigenvalue weighted by atomic mass is 32.2. The Hall–Kier alpha value is -2.48. The van der Waals surface area contributed by atoms with Crippen LogP contribution in [0.15, 0.2) is 65.6 Å². The SMILES string of the molecule is O=C(C=Cc1ccc(S(=O)(=O)N2CCCCCC2)cc1)NOCc1ccccc1. The zero-order valence-electron chi connectivity index (χ0n) is 16.3. The molecule has 0 spiro atoms. The first-order chi connectivity index (χ1) is 14.1. The van der Waals surface area contributed by atoms with Gasteiger partial charge in [0.2, 0.25) is 10.0 Å². The van der Waals surface area contributed by atoms with E-state index in [9.17, 15) is 13.2 Å². The van der Waals surface area contributed by atoms with Gasteiger partial charge in [-0.25, -0.2) is 13.9 Å². The second-order valence-corrected chi connectivity index (χ2v) is 8.90. The van der Waals surface area contributed by atoms with Crippen LogP contribution in [0.2, 0.25) is 0 Å². The highest BCUT2D eigenvalue weighted by Gasteiger charge is 2.24. The zero-order chi connectivity index (χ0) is 20.5. The lowest BCUT2D eigenvalue weighted by molar-refractivity contribution is -0.129. The Morgan fingerprint density at radius 1 is 0.966 bits per heavy atom. The van der Waals surface area contributed by atoms with Crippen LogP contribution in [0.25, 0.3) is 6.08 Å². The molecule has 1 N–H and O–H groups in total. The van der Waals surface area contributed by atoms with Crippen LogP contribution < -0.4 is 5.48 Å². The third-order valence-electron chi connectivity index (χ3n) is 4.76. The molecular formula is C22H26N2O4S. The molecule has 0 radical (unpaired) electrons.